The van der Waals surface area contributed by atoms with E-state index in [1.54, 1.807) is 17.9 Å². The second-order valence-corrected chi connectivity index (χ2v) is 9.74. The molecular weight excluding hydrogens is 364 g/mol. The number of carbonyl (C=O) groups is 1. The predicted molar refractivity (Wildman–Crippen MR) is 90.6 cm³/mol. The van der Waals surface area contributed by atoms with Gasteiger partial charge in [0.2, 0.25) is 10.0 Å². The molecule has 0 aliphatic carbocycles. The lowest BCUT2D eigenvalue weighted by molar-refractivity contribution is 0.0774. The number of carbonyl (C=O) groups excluding carboxylic acids is 1. The molecule has 0 unspecified atom stereocenters. The first-order valence-corrected chi connectivity index (χ1v) is 10.4. The minimum atomic E-state index is -3.44. The monoisotopic (exact) mass is 382 g/mol. The van der Waals surface area contributed by atoms with Crippen molar-refractivity contribution in [2.45, 2.75) is 25.6 Å². The quantitative estimate of drug-likeness (QED) is 0.787. The highest BCUT2D eigenvalue weighted by Gasteiger charge is 2.52. The number of rotatable bonds is 3. The fraction of sp³-hybridized carbons (Fsp3) is 0.533. The molecule has 0 aromatic carbocycles. The topological polar surface area (TPSA) is 96.6 Å². The number of amides is 1. The van der Waals surface area contributed by atoms with Gasteiger partial charge in [-0.05, 0) is 13.8 Å². The summed E-state index contributed by atoms with van der Waals surface area (Å²) in [5.74, 6) is 0.199. The molecule has 4 heterocycles. The first-order chi connectivity index (χ1) is 11.8. The molecule has 2 aromatic heterocycles. The molecule has 1 amide bonds. The zero-order chi connectivity index (χ0) is 17.8. The van der Waals surface area contributed by atoms with E-state index in [2.05, 4.69) is 10.1 Å². The lowest BCUT2D eigenvalue weighted by atomic mass is 10.1. The number of likely N-dealkylation sites (tertiary alicyclic amines) is 1. The summed E-state index contributed by atoms with van der Waals surface area (Å²) in [6.45, 7) is 4.95. The summed E-state index contributed by atoms with van der Waals surface area (Å²) in [5, 5.41) is 5.99. The predicted octanol–water partition coefficient (Wildman–Crippen LogP) is 1.03. The van der Waals surface area contributed by atoms with E-state index in [1.165, 1.54) is 15.6 Å². The van der Waals surface area contributed by atoms with E-state index in [0.717, 1.165) is 10.7 Å². The third kappa shape index (κ3) is 2.87. The molecule has 10 heteroatoms. The second kappa shape index (κ2) is 5.89. The Kier molecular flexibility index (Phi) is 3.93. The molecule has 0 N–H and O–H groups in total. The zero-order valence-electron chi connectivity index (χ0n) is 13.9. The van der Waals surface area contributed by atoms with E-state index in [0.29, 0.717) is 25.4 Å². The van der Waals surface area contributed by atoms with Crippen molar-refractivity contribution in [1.29, 1.82) is 0 Å². The van der Waals surface area contributed by atoms with Gasteiger partial charge in [0.1, 0.15) is 5.76 Å². The minimum Gasteiger partial charge on any atom is -0.361 e. The van der Waals surface area contributed by atoms with Crippen LogP contribution >= 0.6 is 11.3 Å². The van der Waals surface area contributed by atoms with Crippen molar-refractivity contribution in [3.63, 3.8) is 0 Å². The number of hydrogen-bond donors (Lipinski definition) is 0. The lowest BCUT2D eigenvalue weighted by Gasteiger charge is -2.20. The van der Waals surface area contributed by atoms with E-state index in [-0.39, 0.29) is 24.1 Å². The van der Waals surface area contributed by atoms with Crippen LogP contribution in [0, 0.1) is 19.8 Å². The van der Waals surface area contributed by atoms with Gasteiger partial charge in [-0.25, -0.2) is 13.4 Å². The maximum Gasteiger partial charge on any atom is 0.276 e. The number of nitrogens with zero attached hydrogens (tertiary/aromatic N) is 4. The van der Waals surface area contributed by atoms with Gasteiger partial charge in [-0.15, -0.1) is 11.3 Å². The Morgan fingerprint density at radius 2 is 2.16 bits per heavy atom. The maximum absolute atomic E-state index is 12.8. The van der Waals surface area contributed by atoms with Crippen LogP contribution in [0.2, 0.25) is 0 Å². The number of hydrogen-bond acceptors (Lipinski definition) is 7. The highest BCUT2D eigenvalue weighted by Crippen LogP contribution is 2.35. The van der Waals surface area contributed by atoms with Gasteiger partial charge in [0.25, 0.3) is 5.91 Å². The van der Waals surface area contributed by atoms with Crippen LogP contribution in [0.5, 0.6) is 0 Å². The molecule has 25 heavy (non-hydrogen) atoms. The normalized spacial score (nSPS) is 25.4. The molecule has 4 rings (SSSR count). The van der Waals surface area contributed by atoms with Crippen LogP contribution in [0.15, 0.2) is 16.0 Å². The lowest BCUT2D eigenvalue weighted by Crippen LogP contribution is -2.36. The molecule has 0 radical (unpaired) electrons. The second-order valence-electron chi connectivity index (χ2n) is 6.53. The van der Waals surface area contributed by atoms with Crippen LogP contribution in [-0.2, 0) is 16.6 Å². The van der Waals surface area contributed by atoms with Crippen molar-refractivity contribution in [2.75, 3.05) is 19.6 Å². The summed E-state index contributed by atoms with van der Waals surface area (Å²) in [4.78, 5) is 18.4. The Labute approximate surface area is 149 Å². The third-order valence-electron chi connectivity index (χ3n) is 4.70. The van der Waals surface area contributed by atoms with E-state index in [4.69, 9.17) is 4.52 Å². The SMILES string of the molecule is Cc1cc(C(=O)N2C[C@H]3CN(Cc4csc(C)n4)S(=O)(=O)[C@@H]3C2)no1. The molecule has 2 saturated heterocycles. The van der Waals surface area contributed by atoms with Gasteiger partial charge in [0.15, 0.2) is 5.69 Å². The average Bonchev–Trinajstić information content (AvgIpc) is 3.29. The van der Waals surface area contributed by atoms with Gasteiger partial charge in [0, 0.05) is 37.0 Å². The Morgan fingerprint density at radius 1 is 1.36 bits per heavy atom. The summed E-state index contributed by atoms with van der Waals surface area (Å²) in [6.07, 6.45) is 0. The number of thiazole rings is 1. The van der Waals surface area contributed by atoms with Crippen LogP contribution in [0.3, 0.4) is 0 Å². The largest absolute Gasteiger partial charge is 0.361 e. The Balaban J connectivity index is 1.48. The minimum absolute atomic E-state index is 0.0818. The molecule has 2 fully saturated rings. The van der Waals surface area contributed by atoms with E-state index in [1.807, 2.05) is 12.3 Å². The number of sulfonamides is 1. The van der Waals surface area contributed by atoms with Crippen molar-refractivity contribution in [3.05, 3.63) is 33.6 Å². The molecule has 0 saturated carbocycles. The van der Waals surface area contributed by atoms with Gasteiger partial charge in [0.05, 0.1) is 22.5 Å². The summed E-state index contributed by atoms with van der Waals surface area (Å²) in [5.41, 5.74) is 1.00. The summed E-state index contributed by atoms with van der Waals surface area (Å²) >= 11 is 1.51. The van der Waals surface area contributed by atoms with Gasteiger partial charge in [-0.3, -0.25) is 4.79 Å². The molecular formula is C15H18N4O4S2. The number of aryl methyl sites for hydroxylation is 2. The molecule has 8 nitrogen and oxygen atoms in total. The Morgan fingerprint density at radius 3 is 2.76 bits per heavy atom. The Bertz CT molecular complexity index is 920. The van der Waals surface area contributed by atoms with Crippen molar-refractivity contribution in [1.82, 2.24) is 19.3 Å². The first kappa shape index (κ1) is 16.7. The smallest absolute Gasteiger partial charge is 0.276 e. The Hall–Kier alpha value is -1.78. The molecule has 2 aliphatic rings. The van der Waals surface area contributed by atoms with Gasteiger partial charge >= 0.3 is 0 Å². The van der Waals surface area contributed by atoms with E-state index in [9.17, 15) is 13.2 Å². The summed E-state index contributed by atoms with van der Waals surface area (Å²) in [7, 11) is -3.44. The molecule has 0 bridgehead atoms. The van der Waals surface area contributed by atoms with Crippen LogP contribution in [0.4, 0.5) is 0 Å². The standard InChI is InChI=1S/C15H18N4O4S2/c1-9-3-13(17-23-9)15(20)18-4-11-5-19(25(21,22)14(11)7-18)6-12-8-24-10(2)16-12/h3,8,11,14H,4-7H2,1-2H3/t11-,14+/m0/s1. The fourth-order valence-corrected chi connectivity index (χ4v) is 6.25. The molecule has 2 aliphatic heterocycles. The highest BCUT2D eigenvalue weighted by atomic mass is 32.2. The highest BCUT2D eigenvalue weighted by molar-refractivity contribution is 7.90. The van der Waals surface area contributed by atoms with Gasteiger partial charge in [-0.2, -0.15) is 4.31 Å². The number of fused-ring (bicyclic) bond motifs is 1. The van der Waals surface area contributed by atoms with Gasteiger partial charge < -0.3 is 9.42 Å². The van der Waals surface area contributed by atoms with E-state index < -0.39 is 15.3 Å². The molecule has 0 spiro atoms. The van der Waals surface area contributed by atoms with Crippen LogP contribution in [-0.4, -0.2) is 58.6 Å². The summed E-state index contributed by atoms with van der Waals surface area (Å²) < 4.78 is 32.1. The molecule has 2 atom stereocenters. The third-order valence-corrected chi connectivity index (χ3v) is 7.82. The van der Waals surface area contributed by atoms with Crippen molar-refractivity contribution < 1.29 is 17.7 Å². The fourth-order valence-electron chi connectivity index (χ4n) is 3.52. The van der Waals surface area contributed by atoms with Crippen LogP contribution in [0.1, 0.15) is 27.0 Å². The van der Waals surface area contributed by atoms with Gasteiger partial charge in [-0.1, -0.05) is 5.16 Å². The van der Waals surface area contributed by atoms with Crippen molar-refractivity contribution in [3.8, 4) is 0 Å². The van der Waals surface area contributed by atoms with Crippen molar-refractivity contribution in [2.24, 2.45) is 5.92 Å². The van der Waals surface area contributed by atoms with Crippen LogP contribution in [0.25, 0.3) is 0 Å². The number of aromatic nitrogens is 2. The molecule has 2 aromatic rings. The zero-order valence-corrected chi connectivity index (χ0v) is 15.5. The van der Waals surface area contributed by atoms with Crippen molar-refractivity contribution >= 4 is 27.3 Å². The molecule has 134 valence electrons. The maximum atomic E-state index is 12.8. The van der Waals surface area contributed by atoms with Crippen LogP contribution < -0.4 is 0 Å². The van der Waals surface area contributed by atoms with E-state index >= 15 is 0 Å². The first-order valence-electron chi connectivity index (χ1n) is 7.97. The average molecular weight is 382 g/mol. The summed E-state index contributed by atoms with van der Waals surface area (Å²) in [6, 6.07) is 1.57.